The minimum atomic E-state index is -0.640. The lowest BCUT2D eigenvalue weighted by Crippen LogP contribution is -2.09. The van der Waals surface area contributed by atoms with Gasteiger partial charge >= 0.3 is 11.9 Å². The second-order valence-electron chi connectivity index (χ2n) is 6.76. The van der Waals surface area contributed by atoms with E-state index in [1.807, 2.05) is 0 Å². The number of benzene rings is 2. The zero-order chi connectivity index (χ0) is 23.4. The summed E-state index contributed by atoms with van der Waals surface area (Å²) in [5, 5.41) is 3.85. The number of aromatic nitrogens is 1. The molecule has 1 aromatic heterocycles. The molecule has 0 spiro atoms. The van der Waals surface area contributed by atoms with Crippen LogP contribution in [0.15, 0.2) is 36.4 Å². The Morgan fingerprint density at radius 1 is 1.16 bits per heavy atom. The van der Waals surface area contributed by atoms with E-state index in [0.29, 0.717) is 37.8 Å². The third kappa shape index (κ3) is 4.95. The van der Waals surface area contributed by atoms with E-state index in [1.165, 1.54) is 20.1 Å². The molecule has 0 bridgehead atoms. The van der Waals surface area contributed by atoms with E-state index < -0.39 is 11.9 Å². The predicted molar refractivity (Wildman–Crippen MR) is 125 cm³/mol. The van der Waals surface area contributed by atoms with Gasteiger partial charge in [0.05, 0.1) is 24.3 Å². The molecule has 0 unspecified atom stereocenters. The summed E-state index contributed by atoms with van der Waals surface area (Å²) >= 11 is 12.6. The van der Waals surface area contributed by atoms with Gasteiger partial charge in [0, 0.05) is 34.1 Å². The summed E-state index contributed by atoms with van der Waals surface area (Å²) in [4.78, 5) is 39.8. The first-order valence-corrected chi connectivity index (χ1v) is 10.4. The van der Waals surface area contributed by atoms with Gasteiger partial charge in [0.25, 0.3) is 0 Å². The summed E-state index contributed by atoms with van der Waals surface area (Å²) in [6.07, 6.45) is 1.50. The van der Waals surface area contributed by atoms with Crippen LogP contribution in [0.2, 0.25) is 10.0 Å². The molecule has 2 aromatic carbocycles. The quantitative estimate of drug-likeness (QED) is 0.371. The number of amides is 1. The highest BCUT2D eigenvalue weighted by molar-refractivity contribution is 6.39. The average Bonchev–Trinajstić information content (AvgIpc) is 3.09. The SMILES string of the molecule is CCOC(=O)c1[nH]c2cc(Cl)cc(Cl)c2c1/C=C(/C(=O)OC)c1cccc(NC(C)=O)c1. The van der Waals surface area contributed by atoms with Crippen LogP contribution in [-0.4, -0.2) is 36.5 Å². The summed E-state index contributed by atoms with van der Waals surface area (Å²) in [6.45, 7) is 3.23. The van der Waals surface area contributed by atoms with Gasteiger partial charge in [-0.25, -0.2) is 9.59 Å². The fraction of sp³-hybridized carbons (Fsp3) is 0.174. The maximum Gasteiger partial charge on any atom is 0.355 e. The third-order valence-electron chi connectivity index (χ3n) is 4.52. The molecule has 9 heteroatoms. The van der Waals surface area contributed by atoms with E-state index in [0.717, 1.165) is 0 Å². The van der Waals surface area contributed by atoms with E-state index in [-0.39, 0.29) is 23.8 Å². The summed E-state index contributed by atoms with van der Waals surface area (Å²) in [5.41, 5.74) is 2.09. The van der Waals surface area contributed by atoms with Gasteiger partial charge in [0.1, 0.15) is 5.69 Å². The zero-order valence-corrected chi connectivity index (χ0v) is 19.1. The zero-order valence-electron chi connectivity index (χ0n) is 17.5. The molecule has 0 saturated heterocycles. The van der Waals surface area contributed by atoms with Gasteiger partial charge < -0.3 is 19.8 Å². The molecule has 0 fully saturated rings. The van der Waals surface area contributed by atoms with Crippen LogP contribution < -0.4 is 5.32 Å². The van der Waals surface area contributed by atoms with Crippen LogP contribution in [0.3, 0.4) is 0 Å². The van der Waals surface area contributed by atoms with E-state index in [2.05, 4.69) is 10.3 Å². The Morgan fingerprint density at radius 3 is 2.56 bits per heavy atom. The molecule has 7 nitrogen and oxygen atoms in total. The number of carbonyl (C=O) groups excluding carboxylic acids is 3. The number of methoxy groups -OCH3 is 1. The molecule has 0 aliphatic heterocycles. The number of carbonyl (C=O) groups is 3. The van der Waals surface area contributed by atoms with Crippen LogP contribution in [0.5, 0.6) is 0 Å². The van der Waals surface area contributed by atoms with Gasteiger partial charge in [-0.3, -0.25) is 4.79 Å². The van der Waals surface area contributed by atoms with E-state index in [4.69, 9.17) is 32.7 Å². The first kappa shape index (κ1) is 23.4. The molecule has 1 heterocycles. The lowest BCUT2D eigenvalue weighted by Gasteiger charge is -2.10. The Kier molecular flexibility index (Phi) is 7.22. The molecule has 1 amide bonds. The molecular weight excluding hydrogens is 455 g/mol. The smallest absolute Gasteiger partial charge is 0.355 e. The van der Waals surface area contributed by atoms with Gasteiger partial charge in [-0.05, 0) is 42.8 Å². The van der Waals surface area contributed by atoms with Crippen molar-refractivity contribution in [1.82, 2.24) is 4.98 Å². The highest BCUT2D eigenvalue weighted by Crippen LogP contribution is 2.35. The van der Waals surface area contributed by atoms with Gasteiger partial charge in [0.2, 0.25) is 5.91 Å². The fourth-order valence-electron chi connectivity index (χ4n) is 3.26. The van der Waals surface area contributed by atoms with Crippen LogP contribution >= 0.6 is 23.2 Å². The first-order chi connectivity index (χ1) is 15.2. The van der Waals surface area contributed by atoms with Crippen molar-refractivity contribution >= 4 is 69.3 Å². The second kappa shape index (κ2) is 9.89. The summed E-state index contributed by atoms with van der Waals surface area (Å²) in [7, 11) is 1.25. The minimum Gasteiger partial charge on any atom is -0.465 e. The highest BCUT2D eigenvalue weighted by atomic mass is 35.5. The fourth-order valence-corrected chi connectivity index (χ4v) is 3.86. The van der Waals surface area contributed by atoms with E-state index in [1.54, 1.807) is 43.3 Å². The lowest BCUT2D eigenvalue weighted by atomic mass is 10.0. The van der Waals surface area contributed by atoms with Crippen molar-refractivity contribution in [2.45, 2.75) is 13.8 Å². The molecule has 0 saturated carbocycles. The number of ether oxygens (including phenoxy) is 2. The predicted octanol–water partition coefficient (Wildman–Crippen LogP) is 5.32. The van der Waals surface area contributed by atoms with Crippen molar-refractivity contribution in [3.63, 3.8) is 0 Å². The van der Waals surface area contributed by atoms with Crippen molar-refractivity contribution in [2.75, 3.05) is 19.0 Å². The van der Waals surface area contributed by atoms with Crippen LogP contribution in [0.25, 0.3) is 22.6 Å². The Labute approximate surface area is 194 Å². The number of rotatable bonds is 6. The highest BCUT2D eigenvalue weighted by Gasteiger charge is 2.23. The summed E-state index contributed by atoms with van der Waals surface area (Å²) < 4.78 is 10.1. The standard InChI is InChI=1S/C23H20Cl2N2O5/c1-4-32-23(30)21-17(20-18(25)9-14(24)10-19(20)27-21)11-16(22(29)31-3)13-6-5-7-15(8-13)26-12(2)28/h5-11,27H,4H2,1-3H3,(H,26,28)/b16-11+. The van der Waals surface area contributed by atoms with E-state index in [9.17, 15) is 14.4 Å². The molecule has 0 radical (unpaired) electrons. The van der Waals surface area contributed by atoms with Crippen molar-refractivity contribution in [2.24, 2.45) is 0 Å². The number of halogens is 2. The normalized spacial score (nSPS) is 11.3. The Morgan fingerprint density at radius 2 is 1.91 bits per heavy atom. The maximum absolute atomic E-state index is 12.7. The van der Waals surface area contributed by atoms with Gasteiger partial charge in [-0.15, -0.1) is 0 Å². The minimum absolute atomic E-state index is 0.116. The topological polar surface area (TPSA) is 97.5 Å². The largest absolute Gasteiger partial charge is 0.465 e. The number of hydrogen-bond acceptors (Lipinski definition) is 5. The molecule has 3 aromatic rings. The monoisotopic (exact) mass is 474 g/mol. The number of fused-ring (bicyclic) bond motifs is 1. The Bertz CT molecular complexity index is 1250. The molecule has 0 atom stereocenters. The lowest BCUT2D eigenvalue weighted by molar-refractivity contribution is -0.133. The number of hydrogen-bond donors (Lipinski definition) is 2. The van der Waals surface area contributed by atoms with Crippen molar-refractivity contribution in [1.29, 1.82) is 0 Å². The molecule has 0 aliphatic rings. The van der Waals surface area contributed by atoms with Gasteiger partial charge in [-0.1, -0.05) is 35.3 Å². The van der Waals surface area contributed by atoms with Gasteiger partial charge in [0.15, 0.2) is 0 Å². The first-order valence-electron chi connectivity index (χ1n) is 9.61. The average molecular weight is 475 g/mol. The molecule has 2 N–H and O–H groups in total. The van der Waals surface area contributed by atoms with Crippen LogP contribution in [0.4, 0.5) is 5.69 Å². The third-order valence-corrected chi connectivity index (χ3v) is 5.04. The van der Waals surface area contributed by atoms with Crippen LogP contribution in [-0.2, 0) is 19.1 Å². The maximum atomic E-state index is 12.7. The van der Waals surface area contributed by atoms with Crippen molar-refractivity contribution in [3.8, 4) is 0 Å². The Hall–Kier alpha value is -3.29. The Balaban J connectivity index is 2.29. The second-order valence-corrected chi connectivity index (χ2v) is 7.60. The number of aromatic amines is 1. The number of esters is 2. The number of H-pyrrole nitrogens is 1. The molecule has 32 heavy (non-hydrogen) atoms. The molecular formula is C23H20Cl2N2O5. The molecule has 166 valence electrons. The van der Waals surface area contributed by atoms with Crippen LogP contribution in [0.1, 0.15) is 35.5 Å². The number of nitrogens with one attached hydrogen (secondary N) is 2. The molecule has 0 aliphatic carbocycles. The van der Waals surface area contributed by atoms with Crippen molar-refractivity contribution < 1.29 is 23.9 Å². The van der Waals surface area contributed by atoms with E-state index >= 15 is 0 Å². The number of anilines is 1. The van der Waals surface area contributed by atoms with Gasteiger partial charge in [-0.2, -0.15) is 0 Å². The molecule has 3 rings (SSSR count). The van der Waals surface area contributed by atoms with Crippen molar-refractivity contribution in [3.05, 3.63) is 63.3 Å². The van der Waals surface area contributed by atoms with Crippen LogP contribution in [0, 0.1) is 0 Å². The summed E-state index contributed by atoms with van der Waals surface area (Å²) in [6, 6.07) is 9.85. The summed E-state index contributed by atoms with van der Waals surface area (Å²) in [5.74, 6) is -1.51.